The van der Waals surface area contributed by atoms with Crippen LogP contribution in [0.4, 0.5) is 0 Å². The van der Waals surface area contributed by atoms with Crippen molar-refractivity contribution in [2.24, 2.45) is 0 Å². The smallest absolute Gasteiger partial charge is 0.194 e. The van der Waals surface area contributed by atoms with Gasteiger partial charge in [0.2, 0.25) is 0 Å². The maximum Gasteiger partial charge on any atom is 0.194 e. The van der Waals surface area contributed by atoms with Crippen LogP contribution in [0.1, 0.15) is 0 Å². The van der Waals surface area contributed by atoms with Crippen molar-refractivity contribution >= 4 is 23.2 Å². The molecule has 2 rings (SSSR count). The van der Waals surface area contributed by atoms with E-state index < -0.39 is 4.96 Å². The van der Waals surface area contributed by atoms with Crippen LogP contribution in [0.15, 0.2) is 36.3 Å². The van der Waals surface area contributed by atoms with E-state index in [4.69, 9.17) is 23.2 Å². The van der Waals surface area contributed by atoms with Crippen LogP contribution in [0, 0.1) is 0 Å². The molecule has 0 saturated carbocycles. The summed E-state index contributed by atoms with van der Waals surface area (Å²) in [6.45, 7) is 0. The second-order valence-electron chi connectivity index (χ2n) is 2.41. The van der Waals surface area contributed by atoms with Crippen molar-refractivity contribution in [1.82, 2.24) is 15.6 Å². The fourth-order valence-corrected chi connectivity index (χ4v) is 1.25. The van der Waals surface area contributed by atoms with Crippen molar-refractivity contribution in [2.75, 3.05) is 0 Å². The van der Waals surface area contributed by atoms with Crippen molar-refractivity contribution in [3.8, 4) is 0 Å². The lowest BCUT2D eigenvalue weighted by Gasteiger charge is -2.22. The molecule has 0 aromatic carbocycles. The summed E-state index contributed by atoms with van der Waals surface area (Å²) >= 11 is 11.3. The van der Waals surface area contributed by atoms with Crippen LogP contribution in [0.3, 0.4) is 0 Å². The van der Waals surface area contributed by atoms with Gasteiger partial charge in [0, 0.05) is 12.4 Å². The van der Waals surface area contributed by atoms with Gasteiger partial charge >= 0.3 is 0 Å². The number of hydrazine groups is 2. The topological polar surface area (TPSA) is 18.5 Å². The average molecular weight is 204 g/mol. The molecule has 1 N–H and O–H groups in total. The van der Waals surface area contributed by atoms with Crippen LogP contribution >= 0.6 is 23.2 Å². The molecule has 3 nitrogen and oxygen atoms in total. The van der Waals surface area contributed by atoms with E-state index in [0.717, 1.165) is 5.70 Å². The SMILES string of the molecule is ClC(Cl)N1C=C2C=CC=CN2N1. The predicted octanol–water partition coefficient (Wildman–Crippen LogP) is 1.71. The summed E-state index contributed by atoms with van der Waals surface area (Å²) in [7, 11) is 0. The van der Waals surface area contributed by atoms with Crippen LogP contribution in [0.25, 0.3) is 0 Å². The van der Waals surface area contributed by atoms with Gasteiger partial charge in [0.1, 0.15) is 0 Å². The third kappa shape index (κ3) is 1.31. The van der Waals surface area contributed by atoms with Crippen molar-refractivity contribution in [1.29, 1.82) is 0 Å². The predicted molar refractivity (Wildman–Crippen MR) is 48.7 cm³/mol. The molecule has 0 fully saturated rings. The second-order valence-corrected chi connectivity index (χ2v) is 3.46. The van der Waals surface area contributed by atoms with E-state index in [1.54, 1.807) is 5.01 Å². The zero-order valence-electron chi connectivity index (χ0n) is 6.11. The van der Waals surface area contributed by atoms with Gasteiger partial charge in [-0.25, -0.2) is 0 Å². The number of hydrogen-bond acceptors (Lipinski definition) is 3. The summed E-state index contributed by atoms with van der Waals surface area (Å²) in [5.74, 6) is 0. The lowest BCUT2D eigenvalue weighted by atomic mass is 10.3. The number of alkyl halides is 2. The van der Waals surface area contributed by atoms with Crippen LogP contribution in [-0.4, -0.2) is 15.0 Å². The third-order valence-corrected chi connectivity index (χ3v) is 2.02. The van der Waals surface area contributed by atoms with Gasteiger partial charge in [-0.05, 0) is 12.2 Å². The first-order valence-corrected chi connectivity index (χ1v) is 4.33. The van der Waals surface area contributed by atoms with Gasteiger partial charge in [0.25, 0.3) is 0 Å². The minimum absolute atomic E-state index is 0.579. The number of hydrogen-bond donors (Lipinski definition) is 1. The molecule has 2 aliphatic heterocycles. The molecule has 0 aromatic heterocycles. The number of halogens is 2. The molecule has 0 atom stereocenters. The van der Waals surface area contributed by atoms with Crippen molar-refractivity contribution in [2.45, 2.75) is 4.96 Å². The van der Waals surface area contributed by atoms with Gasteiger partial charge < -0.3 is 0 Å². The molecular formula is C7H7Cl2N3. The van der Waals surface area contributed by atoms with Crippen LogP contribution < -0.4 is 5.53 Å². The lowest BCUT2D eigenvalue weighted by Crippen LogP contribution is -2.39. The molecule has 2 aliphatic rings. The Morgan fingerprint density at radius 2 is 2.17 bits per heavy atom. The Balaban J connectivity index is 2.17. The largest absolute Gasteiger partial charge is 0.265 e. The first-order valence-electron chi connectivity index (χ1n) is 3.46. The highest BCUT2D eigenvalue weighted by Gasteiger charge is 2.21. The fourth-order valence-electron chi connectivity index (χ4n) is 1.05. The molecule has 0 spiro atoms. The van der Waals surface area contributed by atoms with E-state index in [0.29, 0.717) is 0 Å². The Morgan fingerprint density at radius 1 is 1.33 bits per heavy atom. The Kier molecular flexibility index (Phi) is 2.00. The van der Waals surface area contributed by atoms with Crippen LogP contribution in [0.2, 0.25) is 0 Å². The number of nitrogens with one attached hydrogen (secondary N) is 1. The molecule has 0 saturated heterocycles. The molecule has 12 heavy (non-hydrogen) atoms. The molecule has 2 heterocycles. The second kappa shape index (κ2) is 3.01. The highest BCUT2D eigenvalue weighted by molar-refractivity contribution is 6.43. The van der Waals surface area contributed by atoms with Gasteiger partial charge in [-0.1, -0.05) is 29.3 Å². The van der Waals surface area contributed by atoms with Gasteiger partial charge in [-0.2, -0.15) is 0 Å². The van der Waals surface area contributed by atoms with Crippen molar-refractivity contribution in [3.63, 3.8) is 0 Å². The van der Waals surface area contributed by atoms with Crippen LogP contribution in [-0.2, 0) is 0 Å². The molecule has 5 heteroatoms. The first-order chi connectivity index (χ1) is 5.77. The van der Waals surface area contributed by atoms with E-state index in [9.17, 15) is 0 Å². The van der Waals surface area contributed by atoms with Gasteiger partial charge in [-0.15, -0.1) is 5.53 Å². The Labute approximate surface area is 80.5 Å². The molecule has 0 radical (unpaired) electrons. The molecule has 0 aromatic rings. The van der Waals surface area contributed by atoms with Crippen molar-refractivity contribution in [3.05, 3.63) is 36.3 Å². The van der Waals surface area contributed by atoms with Gasteiger partial charge in [0.05, 0.1) is 5.70 Å². The van der Waals surface area contributed by atoms with Crippen molar-refractivity contribution < 1.29 is 0 Å². The maximum atomic E-state index is 5.66. The molecule has 0 bridgehead atoms. The Bertz CT molecular complexity index is 270. The molecule has 64 valence electrons. The Morgan fingerprint density at radius 3 is 2.83 bits per heavy atom. The minimum atomic E-state index is -0.579. The number of rotatable bonds is 1. The molecular weight excluding hydrogens is 197 g/mol. The molecule has 0 unspecified atom stereocenters. The quantitative estimate of drug-likeness (QED) is 0.518. The summed E-state index contributed by atoms with van der Waals surface area (Å²) in [6, 6.07) is 0. The van der Waals surface area contributed by atoms with E-state index in [1.807, 2.05) is 35.6 Å². The zero-order valence-corrected chi connectivity index (χ0v) is 7.63. The highest BCUT2D eigenvalue weighted by atomic mass is 35.5. The average Bonchev–Trinajstić information content (AvgIpc) is 2.46. The number of nitrogens with zero attached hydrogens (tertiary/aromatic N) is 2. The van der Waals surface area contributed by atoms with Gasteiger partial charge in [0.15, 0.2) is 4.96 Å². The van der Waals surface area contributed by atoms with E-state index >= 15 is 0 Å². The van der Waals surface area contributed by atoms with Crippen LogP contribution in [0.5, 0.6) is 0 Å². The first kappa shape index (κ1) is 7.98. The Hall–Kier alpha value is -0.640. The summed E-state index contributed by atoms with van der Waals surface area (Å²) in [6.07, 6.45) is 9.56. The minimum Gasteiger partial charge on any atom is -0.265 e. The highest BCUT2D eigenvalue weighted by Crippen LogP contribution is 2.20. The van der Waals surface area contributed by atoms with E-state index in [-0.39, 0.29) is 0 Å². The normalized spacial score (nSPS) is 20.4. The standard InChI is InChI=1S/C7H7Cl2N3/c8-7(9)12-5-6-3-1-2-4-11(6)10-12/h1-5,7,10H. The monoisotopic (exact) mass is 203 g/mol. The lowest BCUT2D eigenvalue weighted by molar-refractivity contribution is 0.185. The molecule has 0 aliphatic carbocycles. The summed E-state index contributed by atoms with van der Waals surface area (Å²) in [4.78, 5) is -0.579. The molecule has 0 amide bonds. The third-order valence-electron chi connectivity index (χ3n) is 1.60. The van der Waals surface area contributed by atoms with E-state index in [2.05, 4.69) is 5.53 Å². The summed E-state index contributed by atoms with van der Waals surface area (Å²) in [5.41, 5.74) is 3.98. The zero-order chi connectivity index (χ0) is 8.55. The summed E-state index contributed by atoms with van der Waals surface area (Å²) in [5, 5.41) is 3.44. The number of fused-ring (bicyclic) bond motifs is 1. The summed E-state index contributed by atoms with van der Waals surface area (Å²) < 4.78 is 0. The number of allylic oxidation sites excluding steroid dienone is 3. The van der Waals surface area contributed by atoms with Gasteiger partial charge in [-0.3, -0.25) is 10.0 Å². The van der Waals surface area contributed by atoms with E-state index in [1.165, 1.54) is 0 Å². The fraction of sp³-hybridized carbons (Fsp3) is 0.143. The maximum absolute atomic E-state index is 5.66.